The quantitative estimate of drug-likeness (QED) is 0.164. The van der Waals surface area contributed by atoms with Crippen molar-refractivity contribution in [3.05, 3.63) is 211 Å². The number of aryl methyl sites for hydroxylation is 2. The summed E-state index contributed by atoms with van der Waals surface area (Å²) in [5.41, 5.74) is 12.7. The summed E-state index contributed by atoms with van der Waals surface area (Å²) in [6, 6.07) is 72.6. The molecular formula is C52H39N3. The van der Waals surface area contributed by atoms with Crippen molar-refractivity contribution in [3.63, 3.8) is 0 Å². The van der Waals surface area contributed by atoms with E-state index in [2.05, 4.69) is 228 Å². The van der Waals surface area contributed by atoms with E-state index in [4.69, 9.17) is 0 Å². The molecule has 0 aliphatic carbocycles. The van der Waals surface area contributed by atoms with Crippen LogP contribution >= 0.6 is 0 Å². The van der Waals surface area contributed by atoms with Crippen molar-refractivity contribution >= 4 is 77.5 Å². The predicted octanol–water partition coefficient (Wildman–Crippen LogP) is 14.6. The van der Waals surface area contributed by atoms with Crippen LogP contribution in [-0.4, -0.2) is 4.57 Å². The maximum atomic E-state index is 2.48. The number of anilines is 6. The fraction of sp³-hybridized carbons (Fsp3) is 0.0385. The minimum absolute atomic E-state index is 1.11. The molecule has 0 spiro atoms. The average molecular weight is 706 g/mol. The molecule has 262 valence electrons. The van der Waals surface area contributed by atoms with Crippen molar-refractivity contribution in [2.45, 2.75) is 13.8 Å². The third kappa shape index (κ3) is 5.43. The SMILES string of the molecule is Cc1ccccc1N(c1ccccc1)c1cc(-n2c3ccccc3c3c(N(c4ccccc4)c4ccccc4C)c4ccccc4cc32)cc2ccccc12. The number of hydrogen-bond acceptors (Lipinski definition) is 2. The molecule has 0 radical (unpaired) electrons. The van der Waals surface area contributed by atoms with Crippen LogP contribution in [0, 0.1) is 13.8 Å². The first-order valence-corrected chi connectivity index (χ1v) is 19.0. The fourth-order valence-corrected chi connectivity index (χ4v) is 8.44. The molecule has 9 aromatic carbocycles. The zero-order valence-corrected chi connectivity index (χ0v) is 30.9. The lowest BCUT2D eigenvalue weighted by Gasteiger charge is -2.29. The van der Waals surface area contributed by atoms with Crippen LogP contribution in [0.3, 0.4) is 0 Å². The van der Waals surface area contributed by atoms with Crippen molar-refractivity contribution in [2.75, 3.05) is 9.80 Å². The highest BCUT2D eigenvalue weighted by Crippen LogP contribution is 2.49. The molecule has 0 bridgehead atoms. The van der Waals surface area contributed by atoms with E-state index in [1.54, 1.807) is 0 Å². The van der Waals surface area contributed by atoms with E-state index < -0.39 is 0 Å². The molecule has 0 saturated heterocycles. The Labute approximate surface area is 321 Å². The summed E-state index contributed by atoms with van der Waals surface area (Å²) in [5.74, 6) is 0. The summed E-state index contributed by atoms with van der Waals surface area (Å²) in [5, 5.41) is 7.20. The summed E-state index contributed by atoms with van der Waals surface area (Å²) in [6.45, 7) is 4.41. The number of hydrogen-bond donors (Lipinski definition) is 0. The summed E-state index contributed by atoms with van der Waals surface area (Å²) in [4.78, 5) is 4.89. The number of aromatic nitrogens is 1. The van der Waals surface area contributed by atoms with E-state index in [1.165, 1.54) is 49.1 Å². The first-order chi connectivity index (χ1) is 27.2. The molecule has 0 unspecified atom stereocenters. The summed E-state index contributed by atoms with van der Waals surface area (Å²) >= 11 is 0. The van der Waals surface area contributed by atoms with Gasteiger partial charge in [-0.2, -0.15) is 0 Å². The first kappa shape index (κ1) is 32.5. The molecule has 0 fully saturated rings. The smallest absolute Gasteiger partial charge is 0.0640 e. The van der Waals surface area contributed by atoms with Gasteiger partial charge in [-0.3, -0.25) is 0 Å². The molecule has 10 rings (SSSR count). The highest BCUT2D eigenvalue weighted by molar-refractivity contribution is 6.24. The Bertz CT molecular complexity index is 3020. The summed E-state index contributed by atoms with van der Waals surface area (Å²) in [7, 11) is 0. The Hall–Kier alpha value is -7.10. The molecule has 0 aliphatic rings. The average Bonchev–Trinajstić information content (AvgIpc) is 3.56. The molecule has 3 nitrogen and oxygen atoms in total. The molecule has 0 aliphatic heterocycles. The van der Waals surface area contributed by atoms with Crippen LogP contribution in [0.4, 0.5) is 34.1 Å². The lowest BCUT2D eigenvalue weighted by molar-refractivity contribution is 1.17. The largest absolute Gasteiger partial charge is 0.310 e. The molecule has 0 saturated carbocycles. The number of para-hydroxylation sites is 5. The Morgan fingerprint density at radius 1 is 0.364 bits per heavy atom. The molecule has 1 heterocycles. The van der Waals surface area contributed by atoms with E-state index in [1.807, 2.05) is 0 Å². The van der Waals surface area contributed by atoms with Gasteiger partial charge in [0.2, 0.25) is 0 Å². The Balaban J connectivity index is 1.34. The number of nitrogens with zero attached hydrogens (tertiary/aromatic N) is 3. The minimum Gasteiger partial charge on any atom is -0.310 e. The van der Waals surface area contributed by atoms with Gasteiger partial charge in [0.15, 0.2) is 0 Å². The Morgan fingerprint density at radius 3 is 1.51 bits per heavy atom. The standard InChI is InChI=1S/C52H39N3/c1-36-19-9-16-30-46(36)53(40-23-5-3-6-24-40)49-35-42(33-38-21-11-13-27-43(38)49)54-48-32-18-15-29-45(48)51-50(54)34-39-22-12-14-28-44(39)52(51)55(41-25-7-4-8-26-41)47-31-17-10-20-37(47)2/h3-35H,1-2H3. The maximum absolute atomic E-state index is 2.48. The van der Waals surface area contributed by atoms with Gasteiger partial charge in [-0.25, -0.2) is 0 Å². The molecule has 0 N–H and O–H groups in total. The lowest BCUT2D eigenvalue weighted by atomic mass is 10.00. The molecule has 3 heteroatoms. The van der Waals surface area contributed by atoms with Crippen molar-refractivity contribution in [2.24, 2.45) is 0 Å². The molecule has 55 heavy (non-hydrogen) atoms. The first-order valence-electron chi connectivity index (χ1n) is 19.0. The van der Waals surface area contributed by atoms with Gasteiger partial charge in [0, 0.05) is 50.0 Å². The van der Waals surface area contributed by atoms with Gasteiger partial charge in [-0.05, 0) is 96.4 Å². The summed E-state index contributed by atoms with van der Waals surface area (Å²) in [6.07, 6.45) is 0. The molecule has 10 aromatic rings. The maximum Gasteiger partial charge on any atom is 0.0640 e. The van der Waals surface area contributed by atoms with Gasteiger partial charge in [-0.15, -0.1) is 0 Å². The van der Waals surface area contributed by atoms with Crippen LogP contribution in [0.25, 0.3) is 49.0 Å². The topological polar surface area (TPSA) is 11.4 Å². The minimum atomic E-state index is 1.11. The van der Waals surface area contributed by atoms with Crippen LogP contribution in [-0.2, 0) is 0 Å². The second-order valence-electron chi connectivity index (χ2n) is 14.3. The molecule has 1 aromatic heterocycles. The zero-order chi connectivity index (χ0) is 36.9. The van der Waals surface area contributed by atoms with Gasteiger partial charge >= 0.3 is 0 Å². The normalized spacial score (nSPS) is 11.5. The van der Waals surface area contributed by atoms with Gasteiger partial charge in [-0.1, -0.05) is 140 Å². The van der Waals surface area contributed by atoms with Crippen molar-refractivity contribution in [1.82, 2.24) is 4.57 Å². The van der Waals surface area contributed by atoms with Crippen molar-refractivity contribution in [1.29, 1.82) is 0 Å². The van der Waals surface area contributed by atoms with E-state index in [0.29, 0.717) is 0 Å². The van der Waals surface area contributed by atoms with Gasteiger partial charge in [0.25, 0.3) is 0 Å². The second-order valence-corrected chi connectivity index (χ2v) is 14.3. The van der Waals surface area contributed by atoms with E-state index in [-0.39, 0.29) is 0 Å². The Kier molecular flexibility index (Phi) is 7.92. The van der Waals surface area contributed by atoms with Crippen LogP contribution in [0.1, 0.15) is 11.1 Å². The molecular weight excluding hydrogens is 667 g/mol. The fourth-order valence-electron chi connectivity index (χ4n) is 8.44. The second kappa shape index (κ2) is 13.4. The third-order valence-corrected chi connectivity index (χ3v) is 10.9. The molecule has 0 atom stereocenters. The third-order valence-electron chi connectivity index (χ3n) is 10.9. The molecule has 0 amide bonds. The number of benzene rings is 9. The monoisotopic (exact) mass is 705 g/mol. The number of rotatable bonds is 7. The van der Waals surface area contributed by atoms with Crippen molar-refractivity contribution < 1.29 is 0 Å². The van der Waals surface area contributed by atoms with E-state index in [9.17, 15) is 0 Å². The van der Waals surface area contributed by atoms with Crippen LogP contribution < -0.4 is 9.80 Å². The predicted molar refractivity (Wildman–Crippen MR) is 235 cm³/mol. The van der Waals surface area contributed by atoms with Gasteiger partial charge < -0.3 is 14.4 Å². The zero-order valence-electron chi connectivity index (χ0n) is 30.9. The summed E-state index contributed by atoms with van der Waals surface area (Å²) < 4.78 is 2.48. The van der Waals surface area contributed by atoms with Gasteiger partial charge in [0.1, 0.15) is 0 Å². The van der Waals surface area contributed by atoms with Crippen LogP contribution in [0.15, 0.2) is 200 Å². The van der Waals surface area contributed by atoms with Crippen LogP contribution in [0.2, 0.25) is 0 Å². The van der Waals surface area contributed by atoms with Crippen LogP contribution in [0.5, 0.6) is 0 Å². The van der Waals surface area contributed by atoms with E-state index in [0.717, 1.165) is 45.2 Å². The lowest BCUT2D eigenvalue weighted by Crippen LogP contribution is -2.13. The van der Waals surface area contributed by atoms with Crippen molar-refractivity contribution in [3.8, 4) is 5.69 Å². The van der Waals surface area contributed by atoms with Gasteiger partial charge in [0.05, 0.1) is 22.4 Å². The van der Waals surface area contributed by atoms with E-state index >= 15 is 0 Å². The highest BCUT2D eigenvalue weighted by Gasteiger charge is 2.26. The highest BCUT2D eigenvalue weighted by atomic mass is 15.2. The Morgan fingerprint density at radius 2 is 0.855 bits per heavy atom. The number of fused-ring (bicyclic) bond motifs is 5.